The summed E-state index contributed by atoms with van der Waals surface area (Å²) in [5.74, 6) is 0. The molecule has 0 aromatic heterocycles. The highest BCUT2D eigenvalue weighted by atomic mass is 16.5. The Morgan fingerprint density at radius 1 is 1.00 bits per heavy atom. The summed E-state index contributed by atoms with van der Waals surface area (Å²) in [5.41, 5.74) is 0.701. The standard InChI is InChI=1S/C12H22N2O/c1-5-13-6-2-12(1)3-7-14(8-4-12)11-9-15-10-11/h11,13H,1-10H2. The van der Waals surface area contributed by atoms with Crippen LogP contribution in [0.25, 0.3) is 0 Å². The maximum absolute atomic E-state index is 5.27. The number of piperidine rings is 2. The molecular formula is C12H22N2O. The van der Waals surface area contributed by atoms with Crippen molar-refractivity contribution in [2.45, 2.75) is 31.7 Å². The average molecular weight is 210 g/mol. The van der Waals surface area contributed by atoms with Gasteiger partial charge in [-0.15, -0.1) is 0 Å². The zero-order valence-corrected chi connectivity index (χ0v) is 9.50. The number of nitrogens with zero attached hydrogens (tertiary/aromatic N) is 1. The second-order valence-electron chi connectivity index (χ2n) is 5.48. The number of hydrogen-bond acceptors (Lipinski definition) is 3. The minimum Gasteiger partial charge on any atom is -0.378 e. The van der Waals surface area contributed by atoms with Gasteiger partial charge in [0.1, 0.15) is 0 Å². The van der Waals surface area contributed by atoms with Gasteiger partial charge in [0, 0.05) is 0 Å². The first kappa shape index (κ1) is 10.1. The van der Waals surface area contributed by atoms with Crippen LogP contribution in [0.1, 0.15) is 25.7 Å². The van der Waals surface area contributed by atoms with Crippen molar-refractivity contribution < 1.29 is 4.74 Å². The van der Waals surface area contributed by atoms with E-state index in [9.17, 15) is 0 Å². The Morgan fingerprint density at radius 2 is 1.67 bits per heavy atom. The van der Waals surface area contributed by atoms with E-state index in [4.69, 9.17) is 4.74 Å². The van der Waals surface area contributed by atoms with Crippen molar-refractivity contribution in [2.24, 2.45) is 5.41 Å². The van der Waals surface area contributed by atoms with Gasteiger partial charge in [0.15, 0.2) is 0 Å². The van der Waals surface area contributed by atoms with Crippen LogP contribution < -0.4 is 5.32 Å². The lowest BCUT2D eigenvalue weighted by atomic mass is 9.71. The van der Waals surface area contributed by atoms with Crippen LogP contribution in [0, 0.1) is 5.41 Å². The lowest BCUT2D eigenvalue weighted by Crippen LogP contribution is -2.54. The van der Waals surface area contributed by atoms with E-state index < -0.39 is 0 Å². The predicted octanol–water partition coefficient (Wildman–Crippen LogP) is 0.851. The number of nitrogens with one attached hydrogen (secondary N) is 1. The molecular weight excluding hydrogens is 188 g/mol. The number of rotatable bonds is 1. The maximum Gasteiger partial charge on any atom is 0.0645 e. The van der Waals surface area contributed by atoms with Gasteiger partial charge in [0.25, 0.3) is 0 Å². The Morgan fingerprint density at radius 3 is 2.20 bits per heavy atom. The first-order valence-electron chi connectivity index (χ1n) is 6.41. The van der Waals surface area contributed by atoms with Crippen LogP contribution in [0.3, 0.4) is 0 Å². The predicted molar refractivity (Wildman–Crippen MR) is 60.0 cm³/mol. The summed E-state index contributed by atoms with van der Waals surface area (Å²) < 4.78 is 5.27. The number of likely N-dealkylation sites (tertiary alicyclic amines) is 1. The molecule has 1 spiro atoms. The monoisotopic (exact) mass is 210 g/mol. The Hall–Kier alpha value is -0.120. The number of hydrogen-bond donors (Lipinski definition) is 1. The molecule has 3 aliphatic rings. The summed E-state index contributed by atoms with van der Waals surface area (Å²) in [7, 11) is 0. The van der Waals surface area contributed by atoms with E-state index in [1.165, 1.54) is 51.9 Å². The van der Waals surface area contributed by atoms with Crippen molar-refractivity contribution in [1.82, 2.24) is 10.2 Å². The fourth-order valence-corrected chi connectivity index (χ4v) is 3.25. The highest BCUT2D eigenvalue weighted by Crippen LogP contribution is 2.40. The normalized spacial score (nSPS) is 32.8. The molecule has 3 heterocycles. The van der Waals surface area contributed by atoms with E-state index in [0.29, 0.717) is 5.41 Å². The molecule has 0 aromatic rings. The van der Waals surface area contributed by atoms with Gasteiger partial charge in [-0.05, 0) is 57.3 Å². The highest BCUT2D eigenvalue weighted by molar-refractivity contribution is 4.92. The van der Waals surface area contributed by atoms with Gasteiger partial charge in [-0.1, -0.05) is 0 Å². The minimum atomic E-state index is 0.701. The molecule has 3 fully saturated rings. The molecule has 0 saturated carbocycles. The van der Waals surface area contributed by atoms with Crippen molar-refractivity contribution in [2.75, 3.05) is 39.4 Å². The van der Waals surface area contributed by atoms with Crippen molar-refractivity contribution in [3.8, 4) is 0 Å². The molecule has 3 rings (SSSR count). The van der Waals surface area contributed by atoms with Gasteiger partial charge in [-0.2, -0.15) is 0 Å². The van der Waals surface area contributed by atoms with E-state index in [2.05, 4.69) is 10.2 Å². The van der Waals surface area contributed by atoms with Gasteiger partial charge in [-0.25, -0.2) is 0 Å². The second-order valence-corrected chi connectivity index (χ2v) is 5.48. The molecule has 0 aliphatic carbocycles. The van der Waals surface area contributed by atoms with Crippen LogP contribution in [0.4, 0.5) is 0 Å². The molecule has 3 nitrogen and oxygen atoms in total. The van der Waals surface area contributed by atoms with Crippen LogP contribution in [0.5, 0.6) is 0 Å². The largest absolute Gasteiger partial charge is 0.378 e. The SMILES string of the molecule is C1CC2(CCN1)CCN(C1COC1)CC2. The molecule has 0 atom stereocenters. The number of ether oxygens (including phenoxy) is 1. The topological polar surface area (TPSA) is 24.5 Å². The molecule has 3 saturated heterocycles. The molecule has 0 unspecified atom stereocenters. The van der Waals surface area contributed by atoms with Gasteiger partial charge in [-0.3, -0.25) is 4.90 Å². The summed E-state index contributed by atoms with van der Waals surface area (Å²) in [4.78, 5) is 2.65. The van der Waals surface area contributed by atoms with Crippen LogP contribution in [0.2, 0.25) is 0 Å². The first-order valence-corrected chi connectivity index (χ1v) is 6.41. The molecule has 86 valence electrons. The average Bonchev–Trinajstić information content (AvgIpc) is 2.21. The Labute approximate surface area is 92.2 Å². The molecule has 3 aliphatic heterocycles. The van der Waals surface area contributed by atoms with Crippen LogP contribution in [0.15, 0.2) is 0 Å². The summed E-state index contributed by atoms with van der Waals surface area (Å²) in [6.07, 6.45) is 5.65. The fraction of sp³-hybridized carbons (Fsp3) is 1.00. The third-order valence-electron chi connectivity index (χ3n) is 4.66. The van der Waals surface area contributed by atoms with Gasteiger partial charge in [0.2, 0.25) is 0 Å². The van der Waals surface area contributed by atoms with Gasteiger partial charge in [0.05, 0.1) is 19.3 Å². The Kier molecular flexibility index (Phi) is 2.71. The van der Waals surface area contributed by atoms with E-state index in [-0.39, 0.29) is 0 Å². The molecule has 0 aromatic carbocycles. The smallest absolute Gasteiger partial charge is 0.0645 e. The molecule has 3 heteroatoms. The van der Waals surface area contributed by atoms with Crippen molar-refractivity contribution in [3.63, 3.8) is 0 Å². The van der Waals surface area contributed by atoms with E-state index in [1.807, 2.05) is 0 Å². The quantitative estimate of drug-likeness (QED) is 0.694. The second kappa shape index (κ2) is 4.04. The zero-order chi connectivity index (χ0) is 10.1. The summed E-state index contributed by atoms with van der Waals surface area (Å²) in [5, 5.41) is 3.48. The summed E-state index contributed by atoms with van der Waals surface area (Å²) in [6.45, 7) is 7.07. The van der Waals surface area contributed by atoms with E-state index in [1.54, 1.807) is 0 Å². The van der Waals surface area contributed by atoms with Gasteiger partial charge < -0.3 is 10.1 Å². The molecule has 0 radical (unpaired) electrons. The van der Waals surface area contributed by atoms with Gasteiger partial charge >= 0.3 is 0 Å². The van der Waals surface area contributed by atoms with E-state index in [0.717, 1.165) is 19.3 Å². The van der Waals surface area contributed by atoms with Crippen molar-refractivity contribution in [3.05, 3.63) is 0 Å². The highest BCUT2D eigenvalue weighted by Gasteiger charge is 2.38. The zero-order valence-electron chi connectivity index (χ0n) is 9.50. The Balaban J connectivity index is 1.54. The summed E-state index contributed by atoms with van der Waals surface area (Å²) in [6, 6.07) is 0.754. The molecule has 0 amide bonds. The molecule has 0 bridgehead atoms. The molecule has 1 N–H and O–H groups in total. The third kappa shape index (κ3) is 1.93. The maximum atomic E-state index is 5.27. The lowest BCUT2D eigenvalue weighted by molar-refractivity contribution is -0.0839. The first-order chi connectivity index (χ1) is 7.38. The van der Waals surface area contributed by atoms with Crippen molar-refractivity contribution >= 4 is 0 Å². The fourth-order valence-electron chi connectivity index (χ4n) is 3.25. The lowest BCUT2D eigenvalue weighted by Gasteiger charge is -2.48. The van der Waals surface area contributed by atoms with E-state index >= 15 is 0 Å². The van der Waals surface area contributed by atoms with Crippen LogP contribution in [-0.2, 0) is 4.74 Å². The minimum absolute atomic E-state index is 0.701. The van der Waals surface area contributed by atoms with Crippen LogP contribution in [-0.4, -0.2) is 50.3 Å². The summed E-state index contributed by atoms with van der Waals surface area (Å²) >= 11 is 0. The van der Waals surface area contributed by atoms with Crippen LogP contribution >= 0.6 is 0 Å². The van der Waals surface area contributed by atoms with Crippen molar-refractivity contribution in [1.29, 1.82) is 0 Å². The Bertz CT molecular complexity index is 212. The third-order valence-corrected chi connectivity index (χ3v) is 4.66. The molecule has 15 heavy (non-hydrogen) atoms.